The molecule has 0 aliphatic carbocycles. The van der Waals surface area contributed by atoms with Crippen molar-refractivity contribution in [2.45, 2.75) is 0 Å². The first-order valence-corrected chi connectivity index (χ1v) is 8.08. The lowest BCUT2D eigenvalue weighted by molar-refractivity contribution is 0.0697. The van der Waals surface area contributed by atoms with Crippen LogP contribution in [0.25, 0.3) is 6.08 Å². The maximum Gasteiger partial charge on any atom is 0.335 e. The fourth-order valence-electron chi connectivity index (χ4n) is 1.69. The van der Waals surface area contributed by atoms with E-state index in [0.717, 1.165) is 5.41 Å². The van der Waals surface area contributed by atoms with Gasteiger partial charge in [0.15, 0.2) is 0 Å². The Bertz CT molecular complexity index is 831. The number of benzene rings is 2. The molecule has 0 amide bonds. The Hall–Kier alpha value is -2.31. The lowest BCUT2D eigenvalue weighted by Gasteiger charge is -2.05. The molecule has 0 saturated heterocycles. The highest BCUT2D eigenvalue weighted by Crippen LogP contribution is 2.18. The van der Waals surface area contributed by atoms with Crippen molar-refractivity contribution in [3.63, 3.8) is 0 Å². The number of nitrogens with one attached hydrogen (secondary N) is 1. The summed E-state index contributed by atoms with van der Waals surface area (Å²) >= 11 is 5.94. The van der Waals surface area contributed by atoms with Crippen molar-refractivity contribution in [1.29, 1.82) is 0 Å². The van der Waals surface area contributed by atoms with Crippen molar-refractivity contribution in [3.05, 3.63) is 70.1 Å². The number of halogens is 1. The zero-order valence-electron chi connectivity index (χ0n) is 11.2. The quantitative estimate of drug-likeness (QED) is 0.875. The number of hydrogen-bond acceptors (Lipinski definition) is 3. The van der Waals surface area contributed by atoms with Crippen molar-refractivity contribution >= 4 is 39.4 Å². The molecule has 0 spiro atoms. The Labute approximate surface area is 132 Å². The molecule has 7 heteroatoms. The molecule has 0 saturated carbocycles. The summed E-state index contributed by atoms with van der Waals surface area (Å²) in [6.07, 6.45) is 1.37. The molecule has 2 N–H and O–H groups in total. The van der Waals surface area contributed by atoms with Crippen molar-refractivity contribution in [2.75, 3.05) is 4.72 Å². The lowest BCUT2D eigenvalue weighted by atomic mass is 10.2. The van der Waals surface area contributed by atoms with E-state index in [1.165, 1.54) is 30.3 Å². The molecule has 0 aliphatic rings. The molecule has 0 heterocycles. The smallest absolute Gasteiger partial charge is 0.335 e. The van der Waals surface area contributed by atoms with Gasteiger partial charge in [0.05, 0.1) is 11.0 Å². The zero-order chi connectivity index (χ0) is 16.2. The van der Waals surface area contributed by atoms with Crippen LogP contribution in [0.5, 0.6) is 0 Å². The Morgan fingerprint density at radius 2 is 1.86 bits per heavy atom. The van der Waals surface area contributed by atoms with Crippen LogP contribution in [0.15, 0.2) is 53.9 Å². The molecule has 2 aromatic rings. The molecule has 0 aromatic heterocycles. The van der Waals surface area contributed by atoms with Gasteiger partial charge in [0.2, 0.25) is 0 Å². The molecule has 0 aliphatic heterocycles. The third-order valence-electron chi connectivity index (χ3n) is 2.70. The molecule has 22 heavy (non-hydrogen) atoms. The number of anilines is 1. The van der Waals surface area contributed by atoms with Crippen molar-refractivity contribution in [3.8, 4) is 0 Å². The third kappa shape index (κ3) is 4.34. The normalized spacial score (nSPS) is 11.5. The molecule has 0 atom stereocenters. The Kier molecular flexibility index (Phi) is 4.85. The van der Waals surface area contributed by atoms with Crippen molar-refractivity contribution in [1.82, 2.24) is 0 Å². The van der Waals surface area contributed by atoms with Gasteiger partial charge in [-0.3, -0.25) is 4.72 Å². The van der Waals surface area contributed by atoms with E-state index in [4.69, 9.17) is 16.7 Å². The molecule has 114 valence electrons. The van der Waals surface area contributed by atoms with Gasteiger partial charge >= 0.3 is 5.97 Å². The largest absolute Gasteiger partial charge is 0.478 e. The fraction of sp³-hybridized carbons (Fsp3) is 0. The topological polar surface area (TPSA) is 83.5 Å². The fourth-order valence-corrected chi connectivity index (χ4v) is 2.74. The Morgan fingerprint density at radius 1 is 1.14 bits per heavy atom. The summed E-state index contributed by atoms with van der Waals surface area (Å²) in [6.45, 7) is 0. The second-order valence-electron chi connectivity index (χ2n) is 4.36. The minimum Gasteiger partial charge on any atom is -0.478 e. The van der Waals surface area contributed by atoms with E-state index in [-0.39, 0.29) is 11.3 Å². The van der Waals surface area contributed by atoms with Crippen molar-refractivity contribution in [2.24, 2.45) is 0 Å². The Morgan fingerprint density at radius 3 is 2.55 bits per heavy atom. The van der Waals surface area contributed by atoms with Gasteiger partial charge in [0.25, 0.3) is 10.0 Å². The van der Waals surface area contributed by atoms with Crippen LogP contribution in [0.3, 0.4) is 0 Å². The highest BCUT2D eigenvalue weighted by molar-refractivity contribution is 7.95. The highest BCUT2D eigenvalue weighted by Gasteiger charge is 2.08. The van der Waals surface area contributed by atoms with E-state index >= 15 is 0 Å². The molecule has 0 fully saturated rings. The minimum atomic E-state index is -3.77. The van der Waals surface area contributed by atoms with Crippen LogP contribution >= 0.6 is 11.6 Å². The first-order chi connectivity index (χ1) is 10.4. The van der Waals surface area contributed by atoms with Crippen molar-refractivity contribution < 1.29 is 18.3 Å². The van der Waals surface area contributed by atoms with Crippen LogP contribution in [-0.2, 0) is 10.0 Å². The van der Waals surface area contributed by atoms with E-state index in [0.29, 0.717) is 10.6 Å². The van der Waals surface area contributed by atoms with Gasteiger partial charge in [-0.05, 0) is 35.9 Å². The standard InChI is InChI=1S/C15H12ClNO4S/c16-14-7-2-1-4-11(14)8-9-22(20,21)17-13-6-3-5-12(10-13)15(18)19/h1-10,17H,(H,18,19)/b9-8+. The summed E-state index contributed by atoms with van der Waals surface area (Å²) in [4.78, 5) is 10.9. The number of carbonyl (C=O) groups is 1. The molecule has 0 radical (unpaired) electrons. The molecular weight excluding hydrogens is 326 g/mol. The van der Waals surface area contributed by atoms with Crippen LogP contribution in [0.1, 0.15) is 15.9 Å². The van der Waals surface area contributed by atoms with Gasteiger partial charge in [-0.25, -0.2) is 13.2 Å². The summed E-state index contributed by atoms with van der Waals surface area (Å²) in [5.41, 5.74) is 0.729. The third-order valence-corrected chi connectivity index (χ3v) is 4.06. The maximum absolute atomic E-state index is 12.0. The minimum absolute atomic E-state index is 0.00437. The molecule has 2 rings (SSSR count). The molecule has 5 nitrogen and oxygen atoms in total. The van der Waals surface area contributed by atoms with Gasteiger partial charge in [0.1, 0.15) is 0 Å². The van der Waals surface area contributed by atoms with Crippen LogP contribution in [0, 0.1) is 0 Å². The molecule has 0 unspecified atom stereocenters. The summed E-state index contributed by atoms with van der Waals surface area (Å²) in [7, 11) is -3.77. The number of rotatable bonds is 5. The zero-order valence-corrected chi connectivity index (χ0v) is 12.8. The van der Waals surface area contributed by atoms with Crippen LogP contribution in [0.2, 0.25) is 5.02 Å². The summed E-state index contributed by atoms with van der Waals surface area (Å²) in [5.74, 6) is -1.13. The van der Waals surface area contributed by atoms with E-state index < -0.39 is 16.0 Å². The number of carboxylic acids is 1. The number of sulfonamides is 1. The van der Waals surface area contributed by atoms with E-state index in [1.54, 1.807) is 24.3 Å². The van der Waals surface area contributed by atoms with Gasteiger partial charge in [-0.2, -0.15) is 0 Å². The van der Waals surface area contributed by atoms with Gasteiger partial charge < -0.3 is 5.11 Å². The number of carboxylic acid groups (broad SMARTS) is 1. The monoisotopic (exact) mass is 337 g/mol. The second kappa shape index (κ2) is 6.64. The Balaban J connectivity index is 2.20. The summed E-state index contributed by atoms with van der Waals surface area (Å²) in [6, 6.07) is 12.3. The first kappa shape index (κ1) is 16.1. The SMILES string of the molecule is O=C(O)c1cccc(NS(=O)(=O)/C=C/c2ccccc2Cl)c1. The maximum atomic E-state index is 12.0. The van der Waals surface area contributed by atoms with Crippen LogP contribution < -0.4 is 4.72 Å². The predicted molar refractivity (Wildman–Crippen MR) is 86.4 cm³/mol. The number of hydrogen-bond donors (Lipinski definition) is 2. The van der Waals surface area contributed by atoms with Gasteiger partial charge in [0, 0.05) is 10.7 Å². The van der Waals surface area contributed by atoms with E-state index in [1.807, 2.05) is 0 Å². The van der Waals surface area contributed by atoms with E-state index in [9.17, 15) is 13.2 Å². The lowest BCUT2D eigenvalue weighted by Crippen LogP contribution is -2.09. The van der Waals surface area contributed by atoms with Crippen LogP contribution in [-0.4, -0.2) is 19.5 Å². The predicted octanol–water partition coefficient (Wildman–Crippen LogP) is 3.45. The van der Waals surface area contributed by atoms with Crippen LogP contribution in [0.4, 0.5) is 5.69 Å². The summed E-state index contributed by atoms with van der Waals surface area (Å²) < 4.78 is 26.2. The van der Waals surface area contributed by atoms with E-state index in [2.05, 4.69) is 4.72 Å². The average Bonchev–Trinajstić information content (AvgIpc) is 2.46. The highest BCUT2D eigenvalue weighted by atomic mass is 35.5. The molecule has 0 bridgehead atoms. The van der Waals surface area contributed by atoms with Gasteiger partial charge in [-0.15, -0.1) is 0 Å². The first-order valence-electron chi connectivity index (χ1n) is 6.16. The van der Waals surface area contributed by atoms with Gasteiger partial charge in [-0.1, -0.05) is 35.9 Å². The molecular formula is C15H12ClNO4S. The summed E-state index contributed by atoms with van der Waals surface area (Å²) in [5, 5.41) is 10.3. The molecule has 2 aromatic carbocycles. The average molecular weight is 338 g/mol. The second-order valence-corrected chi connectivity index (χ2v) is 6.33. The number of aromatic carboxylic acids is 1.